The molecule has 0 fully saturated rings. The van der Waals surface area contributed by atoms with Gasteiger partial charge in [0.25, 0.3) is 0 Å². The van der Waals surface area contributed by atoms with Crippen LogP contribution in [0.2, 0.25) is 0 Å². The molecule has 0 aromatic carbocycles. The van der Waals surface area contributed by atoms with Crippen LogP contribution in [0.5, 0.6) is 0 Å². The van der Waals surface area contributed by atoms with Crippen molar-refractivity contribution in [1.29, 1.82) is 0 Å². The Balaban J connectivity index is 2.79. The van der Waals surface area contributed by atoms with Gasteiger partial charge in [0.1, 0.15) is 4.83 Å². The van der Waals surface area contributed by atoms with Crippen molar-refractivity contribution in [3.05, 3.63) is 22.2 Å². The third-order valence-electron chi connectivity index (χ3n) is 2.99. The van der Waals surface area contributed by atoms with E-state index in [1.54, 1.807) is 0 Å². The van der Waals surface area contributed by atoms with Gasteiger partial charge in [-0.3, -0.25) is 4.79 Å². The third-order valence-corrected chi connectivity index (χ3v) is 4.19. The first-order valence-corrected chi connectivity index (χ1v) is 7.23. The number of Topliss-reactive ketones (excluding diaryl/α,β-unsaturated/α-hetero) is 1. The lowest BCUT2D eigenvalue weighted by atomic mass is 10.0. The summed E-state index contributed by atoms with van der Waals surface area (Å²) in [7, 11) is 0. The molecule has 2 N–H and O–H groups in total. The van der Waals surface area contributed by atoms with Crippen LogP contribution in [0.3, 0.4) is 0 Å². The second kappa shape index (κ2) is 5.29. The maximum atomic E-state index is 13.3. The molecule has 2 aromatic rings. The van der Waals surface area contributed by atoms with Gasteiger partial charge >= 0.3 is 6.18 Å². The molecule has 0 saturated carbocycles. The van der Waals surface area contributed by atoms with Crippen LogP contribution < -0.4 is 5.73 Å². The summed E-state index contributed by atoms with van der Waals surface area (Å²) in [5, 5.41) is -0.162. The zero-order valence-electron chi connectivity index (χ0n) is 11.8. The van der Waals surface area contributed by atoms with Gasteiger partial charge in [-0.1, -0.05) is 13.8 Å². The van der Waals surface area contributed by atoms with Crippen molar-refractivity contribution in [2.24, 2.45) is 5.92 Å². The number of aromatic nitrogens is 1. The molecule has 0 unspecified atom stereocenters. The number of hydrogen-bond acceptors (Lipinski definition) is 4. The van der Waals surface area contributed by atoms with Crippen LogP contribution in [0.15, 0.2) is 6.07 Å². The lowest BCUT2D eigenvalue weighted by Gasteiger charge is -2.12. The molecule has 0 radical (unpaired) electrons. The van der Waals surface area contributed by atoms with E-state index >= 15 is 0 Å². The minimum atomic E-state index is -4.53. The number of alkyl halides is 3. The predicted molar refractivity (Wildman–Crippen MR) is 77.6 cm³/mol. The zero-order chi connectivity index (χ0) is 15.9. The summed E-state index contributed by atoms with van der Waals surface area (Å²) in [6, 6.07) is 1.04. The minimum Gasteiger partial charge on any atom is -0.397 e. The van der Waals surface area contributed by atoms with Crippen LogP contribution >= 0.6 is 11.3 Å². The van der Waals surface area contributed by atoms with E-state index in [4.69, 9.17) is 5.73 Å². The normalized spacial score (nSPS) is 12.3. The van der Waals surface area contributed by atoms with Crippen molar-refractivity contribution in [1.82, 2.24) is 4.98 Å². The van der Waals surface area contributed by atoms with Crippen LogP contribution in [-0.4, -0.2) is 10.8 Å². The van der Waals surface area contributed by atoms with E-state index < -0.39 is 11.7 Å². The van der Waals surface area contributed by atoms with Gasteiger partial charge in [-0.2, -0.15) is 13.2 Å². The Morgan fingerprint density at radius 1 is 1.43 bits per heavy atom. The van der Waals surface area contributed by atoms with Gasteiger partial charge in [-0.05, 0) is 18.4 Å². The van der Waals surface area contributed by atoms with Gasteiger partial charge in [0.2, 0.25) is 0 Å². The molecule has 21 heavy (non-hydrogen) atoms. The molecule has 0 bridgehead atoms. The summed E-state index contributed by atoms with van der Waals surface area (Å²) < 4.78 is 39.8. The molecule has 2 heterocycles. The van der Waals surface area contributed by atoms with Crippen LogP contribution in [0, 0.1) is 5.92 Å². The van der Waals surface area contributed by atoms with Gasteiger partial charge in [0.15, 0.2) is 5.78 Å². The number of nitrogens with two attached hydrogens (primary N) is 1. The highest BCUT2D eigenvalue weighted by atomic mass is 32.1. The fourth-order valence-corrected chi connectivity index (χ4v) is 3.21. The van der Waals surface area contributed by atoms with E-state index in [9.17, 15) is 18.0 Å². The van der Waals surface area contributed by atoms with E-state index in [0.29, 0.717) is 12.1 Å². The molecular weight excluding hydrogens is 301 g/mol. The summed E-state index contributed by atoms with van der Waals surface area (Å²) in [5.74, 6) is -0.172. The first-order chi connectivity index (χ1) is 9.61. The monoisotopic (exact) mass is 316 g/mol. The Hall–Kier alpha value is -1.63. The number of rotatable bonds is 3. The molecule has 0 spiro atoms. The van der Waals surface area contributed by atoms with Gasteiger partial charge in [0, 0.05) is 18.0 Å². The Bertz CT molecular complexity index is 704. The minimum absolute atomic E-state index is 0.126. The van der Waals surface area contributed by atoms with Crippen LogP contribution in [0.1, 0.15) is 41.7 Å². The van der Waals surface area contributed by atoms with Crippen molar-refractivity contribution in [2.75, 3.05) is 5.73 Å². The summed E-state index contributed by atoms with van der Waals surface area (Å²) in [6.45, 7) is 5.09. The zero-order valence-corrected chi connectivity index (χ0v) is 12.7. The summed E-state index contributed by atoms with van der Waals surface area (Å²) in [6.07, 6.45) is -4.09. The first kappa shape index (κ1) is 15.8. The standard InChI is InChI=1S/C14H15F3N2OS/c1-6(2)4-8-5-9(14(15,16)17)10-11(18)12(7(3)20)21-13(10)19-8/h5-6H,4,18H2,1-3H3. The third kappa shape index (κ3) is 3.02. The highest BCUT2D eigenvalue weighted by Crippen LogP contribution is 2.42. The van der Waals surface area contributed by atoms with Gasteiger partial charge in [-0.15, -0.1) is 11.3 Å². The van der Waals surface area contributed by atoms with Crippen molar-refractivity contribution in [3.63, 3.8) is 0 Å². The second-order valence-electron chi connectivity index (χ2n) is 5.34. The van der Waals surface area contributed by atoms with Crippen LogP contribution in [-0.2, 0) is 12.6 Å². The summed E-state index contributed by atoms with van der Waals surface area (Å²) in [5.41, 5.74) is 5.16. The molecule has 114 valence electrons. The number of halogens is 3. The smallest absolute Gasteiger partial charge is 0.397 e. The molecule has 0 amide bonds. The molecule has 3 nitrogen and oxygen atoms in total. The molecule has 0 aliphatic rings. The molecule has 2 aromatic heterocycles. The number of carbonyl (C=O) groups is 1. The van der Waals surface area contributed by atoms with Crippen LogP contribution in [0.4, 0.5) is 18.9 Å². The first-order valence-electron chi connectivity index (χ1n) is 6.41. The van der Waals surface area contributed by atoms with Gasteiger partial charge < -0.3 is 5.73 Å². The van der Waals surface area contributed by atoms with E-state index in [-0.39, 0.29) is 32.5 Å². The number of ketones is 1. The Morgan fingerprint density at radius 2 is 2.05 bits per heavy atom. The lowest BCUT2D eigenvalue weighted by molar-refractivity contribution is -0.136. The Morgan fingerprint density at radius 3 is 2.52 bits per heavy atom. The topological polar surface area (TPSA) is 56.0 Å². The fraction of sp³-hybridized carbons (Fsp3) is 0.429. The van der Waals surface area contributed by atoms with Crippen molar-refractivity contribution in [2.45, 2.75) is 33.4 Å². The number of carbonyl (C=O) groups excluding carboxylic acids is 1. The van der Waals surface area contributed by atoms with Gasteiger partial charge in [-0.25, -0.2) is 4.98 Å². The number of pyridine rings is 1. The average Bonchev–Trinajstić information content (AvgIpc) is 2.64. The highest BCUT2D eigenvalue weighted by Gasteiger charge is 2.35. The molecular formula is C14H15F3N2OS. The van der Waals surface area contributed by atoms with Crippen LogP contribution in [0.25, 0.3) is 10.2 Å². The quantitative estimate of drug-likeness (QED) is 0.859. The molecule has 0 saturated heterocycles. The SMILES string of the molecule is CC(=O)c1sc2nc(CC(C)C)cc(C(F)(F)F)c2c1N. The largest absolute Gasteiger partial charge is 0.417 e. The fourth-order valence-electron chi connectivity index (χ4n) is 2.18. The van der Waals surface area contributed by atoms with Crippen molar-refractivity contribution >= 4 is 33.0 Å². The van der Waals surface area contributed by atoms with Crippen molar-refractivity contribution in [3.8, 4) is 0 Å². The number of nitrogens with zero attached hydrogens (tertiary/aromatic N) is 1. The average molecular weight is 316 g/mol. The Labute approximate surface area is 124 Å². The van der Waals surface area contributed by atoms with E-state index in [1.165, 1.54) is 6.92 Å². The van der Waals surface area contributed by atoms with E-state index in [0.717, 1.165) is 17.4 Å². The molecule has 0 aliphatic heterocycles. The number of nitrogen functional groups attached to an aromatic ring is 1. The predicted octanol–water partition coefficient (Wildman–Crippen LogP) is 4.30. The number of thiophene rings is 1. The number of anilines is 1. The maximum absolute atomic E-state index is 13.3. The summed E-state index contributed by atoms with van der Waals surface area (Å²) >= 11 is 0.918. The van der Waals surface area contributed by atoms with E-state index in [1.807, 2.05) is 13.8 Å². The van der Waals surface area contributed by atoms with E-state index in [2.05, 4.69) is 4.98 Å². The second-order valence-corrected chi connectivity index (χ2v) is 6.34. The lowest BCUT2D eigenvalue weighted by Crippen LogP contribution is -2.09. The molecule has 0 atom stereocenters. The summed E-state index contributed by atoms with van der Waals surface area (Å²) in [4.78, 5) is 16.0. The molecule has 7 heteroatoms. The highest BCUT2D eigenvalue weighted by molar-refractivity contribution is 7.21. The molecule has 0 aliphatic carbocycles. The maximum Gasteiger partial charge on any atom is 0.417 e. The Kier molecular flexibility index (Phi) is 3.97. The van der Waals surface area contributed by atoms with Crippen molar-refractivity contribution < 1.29 is 18.0 Å². The number of fused-ring (bicyclic) bond motifs is 1. The molecule has 2 rings (SSSR count). The van der Waals surface area contributed by atoms with Gasteiger partial charge in [0.05, 0.1) is 16.1 Å². The number of hydrogen-bond donors (Lipinski definition) is 1.